The van der Waals surface area contributed by atoms with Crippen LogP contribution in [0.1, 0.15) is 50.3 Å². The zero-order chi connectivity index (χ0) is 13.2. The van der Waals surface area contributed by atoms with E-state index in [4.69, 9.17) is 5.73 Å². The van der Waals surface area contributed by atoms with Crippen LogP contribution in [0.2, 0.25) is 0 Å². The number of likely N-dealkylation sites (tertiary alicyclic amines) is 1. The highest BCUT2D eigenvalue weighted by atomic mass is 15.2. The predicted octanol–water partition coefficient (Wildman–Crippen LogP) is 3.26. The first-order valence-corrected chi connectivity index (χ1v) is 7.09. The molecule has 1 unspecified atom stereocenters. The summed E-state index contributed by atoms with van der Waals surface area (Å²) in [5.41, 5.74) is 9.09. The molecular formula is C16H26N2. The first-order chi connectivity index (χ1) is 8.51. The quantitative estimate of drug-likeness (QED) is 0.887. The predicted molar refractivity (Wildman–Crippen MR) is 77.6 cm³/mol. The van der Waals surface area contributed by atoms with Gasteiger partial charge >= 0.3 is 0 Å². The lowest BCUT2D eigenvalue weighted by Crippen LogP contribution is -2.53. The molecule has 2 heteroatoms. The van der Waals surface area contributed by atoms with E-state index < -0.39 is 0 Å². The van der Waals surface area contributed by atoms with Crippen LogP contribution in [0, 0.1) is 6.92 Å². The van der Waals surface area contributed by atoms with Crippen molar-refractivity contribution < 1.29 is 0 Å². The Morgan fingerprint density at radius 1 is 1.06 bits per heavy atom. The highest BCUT2D eigenvalue weighted by molar-refractivity contribution is 5.26. The lowest BCUT2D eigenvalue weighted by atomic mass is 9.86. The molecule has 2 nitrogen and oxygen atoms in total. The summed E-state index contributed by atoms with van der Waals surface area (Å²) in [6.45, 7) is 9.05. The third-order valence-corrected chi connectivity index (χ3v) is 4.37. The Hall–Kier alpha value is -0.860. The van der Waals surface area contributed by atoms with Crippen molar-refractivity contribution in [3.8, 4) is 0 Å². The second-order valence-corrected chi connectivity index (χ2v) is 6.09. The largest absolute Gasteiger partial charge is 0.322 e. The minimum absolute atomic E-state index is 0.0374. The first-order valence-electron chi connectivity index (χ1n) is 7.09. The van der Waals surface area contributed by atoms with Crippen molar-refractivity contribution in [2.75, 3.05) is 13.1 Å². The van der Waals surface area contributed by atoms with Gasteiger partial charge < -0.3 is 5.73 Å². The summed E-state index contributed by atoms with van der Waals surface area (Å²) in [6, 6.07) is 8.73. The van der Waals surface area contributed by atoms with Crippen molar-refractivity contribution in [3.05, 3.63) is 35.4 Å². The summed E-state index contributed by atoms with van der Waals surface area (Å²) in [5, 5.41) is 0. The average Bonchev–Trinajstić information content (AvgIpc) is 2.40. The van der Waals surface area contributed by atoms with E-state index in [-0.39, 0.29) is 11.6 Å². The van der Waals surface area contributed by atoms with Gasteiger partial charge in [0.2, 0.25) is 0 Å². The lowest BCUT2D eigenvalue weighted by molar-refractivity contribution is 0.0730. The maximum Gasteiger partial charge on any atom is 0.0476 e. The highest BCUT2D eigenvalue weighted by Gasteiger charge is 2.34. The Bertz CT molecular complexity index is 375. The minimum atomic E-state index is 0.0374. The van der Waals surface area contributed by atoms with Crippen molar-refractivity contribution in [1.82, 2.24) is 4.90 Å². The van der Waals surface area contributed by atoms with Gasteiger partial charge in [-0.15, -0.1) is 0 Å². The number of hydrogen-bond acceptors (Lipinski definition) is 2. The molecular weight excluding hydrogens is 220 g/mol. The molecule has 1 atom stereocenters. The van der Waals surface area contributed by atoms with E-state index in [9.17, 15) is 0 Å². The van der Waals surface area contributed by atoms with Crippen LogP contribution in [-0.4, -0.2) is 23.5 Å². The molecule has 18 heavy (non-hydrogen) atoms. The number of aryl methyl sites for hydroxylation is 1. The molecule has 1 aliphatic heterocycles. The fourth-order valence-electron chi connectivity index (χ4n) is 2.85. The topological polar surface area (TPSA) is 29.3 Å². The number of nitrogens with two attached hydrogens (primary N) is 1. The molecule has 0 saturated carbocycles. The SMILES string of the molecule is Cc1ccc(C(N)C(C)(C)N2CCCCC2)cc1. The zero-order valence-corrected chi connectivity index (χ0v) is 11.9. The molecule has 0 amide bonds. The summed E-state index contributed by atoms with van der Waals surface area (Å²) in [7, 11) is 0. The molecule has 2 N–H and O–H groups in total. The lowest BCUT2D eigenvalue weighted by Gasteiger charge is -2.44. The van der Waals surface area contributed by atoms with Crippen LogP contribution in [0.25, 0.3) is 0 Å². The molecule has 100 valence electrons. The van der Waals surface area contributed by atoms with Gasteiger partial charge in [-0.25, -0.2) is 0 Å². The van der Waals surface area contributed by atoms with Crippen LogP contribution in [0.4, 0.5) is 0 Å². The van der Waals surface area contributed by atoms with Gasteiger partial charge in [0.05, 0.1) is 0 Å². The van der Waals surface area contributed by atoms with Gasteiger partial charge in [-0.2, -0.15) is 0 Å². The molecule has 0 aromatic heterocycles. The summed E-state index contributed by atoms with van der Waals surface area (Å²) in [6.07, 6.45) is 3.99. The van der Waals surface area contributed by atoms with Crippen molar-refractivity contribution in [3.63, 3.8) is 0 Å². The van der Waals surface area contributed by atoms with Crippen LogP contribution in [-0.2, 0) is 0 Å². The molecule has 0 bridgehead atoms. The summed E-state index contributed by atoms with van der Waals surface area (Å²) in [4.78, 5) is 2.56. The molecule has 1 heterocycles. The number of benzene rings is 1. The second-order valence-electron chi connectivity index (χ2n) is 6.09. The molecule has 0 aliphatic carbocycles. The standard InChI is InChI=1S/C16H26N2/c1-13-7-9-14(10-8-13)15(17)16(2,3)18-11-5-4-6-12-18/h7-10,15H,4-6,11-12,17H2,1-3H3. The van der Waals surface area contributed by atoms with Gasteiger partial charge in [-0.1, -0.05) is 36.2 Å². The number of nitrogens with zero attached hydrogens (tertiary/aromatic N) is 1. The average molecular weight is 246 g/mol. The zero-order valence-electron chi connectivity index (χ0n) is 11.9. The number of piperidine rings is 1. The minimum Gasteiger partial charge on any atom is -0.322 e. The van der Waals surface area contributed by atoms with E-state index in [1.165, 1.54) is 43.5 Å². The van der Waals surface area contributed by atoms with E-state index in [0.29, 0.717) is 0 Å². The summed E-state index contributed by atoms with van der Waals surface area (Å²) >= 11 is 0. The maximum atomic E-state index is 6.51. The molecule has 1 aromatic rings. The fraction of sp³-hybridized carbons (Fsp3) is 0.625. The third kappa shape index (κ3) is 2.76. The van der Waals surface area contributed by atoms with E-state index in [1.807, 2.05) is 0 Å². The van der Waals surface area contributed by atoms with Crippen molar-refractivity contribution >= 4 is 0 Å². The van der Waals surface area contributed by atoms with Crippen LogP contribution in [0.5, 0.6) is 0 Å². The summed E-state index contributed by atoms with van der Waals surface area (Å²) in [5.74, 6) is 0. The molecule has 1 aromatic carbocycles. The number of hydrogen-bond donors (Lipinski definition) is 1. The van der Waals surface area contributed by atoms with Crippen LogP contribution < -0.4 is 5.73 Å². The Morgan fingerprint density at radius 3 is 2.17 bits per heavy atom. The Morgan fingerprint density at radius 2 is 1.61 bits per heavy atom. The van der Waals surface area contributed by atoms with Crippen molar-refractivity contribution in [2.45, 2.75) is 51.6 Å². The highest BCUT2D eigenvalue weighted by Crippen LogP contribution is 2.31. The third-order valence-electron chi connectivity index (χ3n) is 4.37. The Balaban J connectivity index is 2.14. The molecule has 1 aliphatic rings. The second kappa shape index (κ2) is 5.41. The monoisotopic (exact) mass is 246 g/mol. The van der Waals surface area contributed by atoms with Gasteiger partial charge in [-0.3, -0.25) is 4.90 Å². The van der Waals surface area contributed by atoms with E-state index >= 15 is 0 Å². The van der Waals surface area contributed by atoms with E-state index in [0.717, 1.165) is 0 Å². The van der Waals surface area contributed by atoms with Crippen molar-refractivity contribution in [2.24, 2.45) is 5.73 Å². The molecule has 0 spiro atoms. The van der Waals surface area contributed by atoms with E-state index in [2.05, 4.69) is 49.9 Å². The molecule has 1 fully saturated rings. The van der Waals surface area contributed by atoms with Gasteiger partial charge in [0.25, 0.3) is 0 Å². The molecule has 1 saturated heterocycles. The van der Waals surface area contributed by atoms with Crippen LogP contribution in [0.15, 0.2) is 24.3 Å². The number of rotatable bonds is 3. The Labute approximate surface area is 111 Å². The fourth-order valence-corrected chi connectivity index (χ4v) is 2.85. The normalized spacial score (nSPS) is 19.8. The Kier molecular flexibility index (Phi) is 4.08. The first kappa shape index (κ1) is 13.6. The maximum absolute atomic E-state index is 6.51. The molecule has 2 rings (SSSR count). The molecule has 0 radical (unpaired) electrons. The van der Waals surface area contributed by atoms with E-state index in [1.54, 1.807) is 0 Å². The smallest absolute Gasteiger partial charge is 0.0476 e. The summed E-state index contributed by atoms with van der Waals surface area (Å²) < 4.78 is 0. The van der Waals surface area contributed by atoms with Crippen LogP contribution in [0.3, 0.4) is 0 Å². The van der Waals surface area contributed by atoms with Gasteiger partial charge in [-0.05, 0) is 52.3 Å². The van der Waals surface area contributed by atoms with Crippen LogP contribution >= 0.6 is 0 Å². The van der Waals surface area contributed by atoms with Crippen molar-refractivity contribution in [1.29, 1.82) is 0 Å². The van der Waals surface area contributed by atoms with Gasteiger partial charge in [0.15, 0.2) is 0 Å². The van der Waals surface area contributed by atoms with Gasteiger partial charge in [0.1, 0.15) is 0 Å². The van der Waals surface area contributed by atoms with Gasteiger partial charge in [0, 0.05) is 11.6 Å².